The largest absolute Gasteiger partial charge is 0.494 e. The van der Waals surface area contributed by atoms with Crippen molar-refractivity contribution in [2.45, 2.75) is 13.8 Å². The number of thiocarbonyl (C=S) groups is 1. The first-order valence-corrected chi connectivity index (χ1v) is 10.9. The number of nitrogens with one attached hydrogen (secondary N) is 1. The van der Waals surface area contributed by atoms with Gasteiger partial charge in [0, 0.05) is 0 Å². The Balaban J connectivity index is 1.85. The van der Waals surface area contributed by atoms with Crippen LogP contribution in [0, 0.1) is 0 Å². The molecule has 1 fully saturated rings. The maximum atomic E-state index is 13.2. The topological polar surface area (TPSA) is 103 Å². The van der Waals surface area contributed by atoms with Gasteiger partial charge >= 0.3 is 5.97 Å². The number of amides is 2. The fourth-order valence-corrected chi connectivity index (χ4v) is 3.43. The Labute approximate surface area is 202 Å². The van der Waals surface area contributed by atoms with Crippen molar-refractivity contribution in [3.63, 3.8) is 0 Å². The molecule has 0 bridgehead atoms. The minimum Gasteiger partial charge on any atom is -0.494 e. The lowest BCUT2D eigenvalue weighted by atomic mass is 10.1. The first-order chi connectivity index (χ1) is 16.4. The van der Waals surface area contributed by atoms with E-state index in [0.717, 1.165) is 0 Å². The van der Waals surface area contributed by atoms with Crippen LogP contribution >= 0.6 is 12.2 Å². The number of ether oxygens (including phenoxy) is 4. The molecule has 1 aliphatic heterocycles. The number of hydrogen-bond donors (Lipinski definition) is 1. The number of rotatable bonds is 9. The van der Waals surface area contributed by atoms with Crippen LogP contribution in [0.3, 0.4) is 0 Å². The molecule has 1 saturated heterocycles. The molecule has 2 aromatic rings. The monoisotopic (exact) mass is 484 g/mol. The summed E-state index contributed by atoms with van der Waals surface area (Å²) in [6.45, 7) is 4.06. The van der Waals surface area contributed by atoms with Gasteiger partial charge in [0.15, 0.2) is 23.2 Å². The number of nitrogens with zero attached hydrogens (tertiary/aromatic N) is 1. The maximum Gasteiger partial charge on any atom is 0.344 e. The van der Waals surface area contributed by atoms with Crippen molar-refractivity contribution < 1.29 is 33.3 Å². The van der Waals surface area contributed by atoms with Gasteiger partial charge in [-0.05, 0) is 74.1 Å². The van der Waals surface area contributed by atoms with E-state index < -0.39 is 17.8 Å². The van der Waals surface area contributed by atoms with Crippen LogP contribution < -0.4 is 24.4 Å². The molecule has 9 nitrogen and oxygen atoms in total. The number of hydrogen-bond acceptors (Lipinski definition) is 8. The summed E-state index contributed by atoms with van der Waals surface area (Å²) < 4.78 is 21.0. The summed E-state index contributed by atoms with van der Waals surface area (Å²) in [4.78, 5) is 38.5. The fraction of sp³-hybridized carbons (Fsp3) is 0.250. The maximum absolute atomic E-state index is 13.2. The zero-order chi connectivity index (χ0) is 24.7. The number of benzene rings is 2. The molecule has 0 radical (unpaired) electrons. The van der Waals surface area contributed by atoms with Gasteiger partial charge in [0.05, 0.1) is 26.0 Å². The summed E-state index contributed by atoms with van der Waals surface area (Å²) in [6, 6.07) is 11.6. The molecule has 3 rings (SSSR count). The van der Waals surface area contributed by atoms with E-state index in [1.165, 1.54) is 18.1 Å². The van der Waals surface area contributed by atoms with E-state index in [0.29, 0.717) is 35.1 Å². The second-order valence-corrected chi connectivity index (χ2v) is 7.28. The smallest absolute Gasteiger partial charge is 0.344 e. The van der Waals surface area contributed by atoms with Gasteiger partial charge in [0.2, 0.25) is 0 Å². The van der Waals surface area contributed by atoms with Gasteiger partial charge in [-0.3, -0.25) is 19.8 Å². The molecule has 0 aliphatic carbocycles. The third-order valence-corrected chi connectivity index (χ3v) is 4.94. The van der Waals surface area contributed by atoms with Crippen LogP contribution in [0.5, 0.6) is 17.2 Å². The number of carbonyl (C=O) groups excluding carboxylic acids is 3. The second-order valence-electron chi connectivity index (χ2n) is 6.89. The highest BCUT2D eigenvalue weighted by molar-refractivity contribution is 7.80. The van der Waals surface area contributed by atoms with Crippen LogP contribution in [0.4, 0.5) is 5.69 Å². The van der Waals surface area contributed by atoms with Crippen molar-refractivity contribution >= 4 is 46.9 Å². The van der Waals surface area contributed by atoms with Gasteiger partial charge in [-0.25, -0.2) is 4.79 Å². The van der Waals surface area contributed by atoms with Crippen molar-refractivity contribution in [1.82, 2.24) is 5.32 Å². The predicted octanol–water partition coefficient (Wildman–Crippen LogP) is 2.87. The zero-order valence-electron chi connectivity index (χ0n) is 19.0. The Kier molecular flexibility index (Phi) is 8.20. The van der Waals surface area contributed by atoms with Crippen molar-refractivity contribution in [2.24, 2.45) is 0 Å². The van der Waals surface area contributed by atoms with Crippen LogP contribution in [-0.4, -0.2) is 49.8 Å². The minimum absolute atomic E-state index is 0.0170. The highest BCUT2D eigenvalue weighted by Gasteiger charge is 2.34. The molecule has 2 amide bonds. The normalized spacial score (nSPS) is 14.6. The lowest BCUT2D eigenvalue weighted by Crippen LogP contribution is -2.54. The van der Waals surface area contributed by atoms with Gasteiger partial charge < -0.3 is 18.9 Å². The molecule has 0 atom stereocenters. The van der Waals surface area contributed by atoms with E-state index >= 15 is 0 Å². The molecule has 1 N–H and O–H groups in total. The molecule has 2 aromatic carbocycles. The Morgan fingerprint density at radius 1 is 1.03 bits per heavy atom. The van der Waals surface area contributed by atoms with E-state index in [2.05, 4.69) is 5.32 Å². The highest BCUT2D eigenvalue weighted by atomic mass is 32.1. The van der Waals surface area contributed by atoms with Crippen molar-refractivity contribution in [1.29, 1.82) is 0 Å². The molecule has 0 spiro atoms. The molecular formula is C24H24N2O7S. The molecule has 10 heteroatoms. The van der Waals surface area contributed by atoms with Gasteiger partial charge in [-0.2, -0.15) is 0 Å². The molecule has 0 saturated carbocycles. The Morgan fingerprint density at radius 3 is 2.41 bits per heavy atom. The Morgan fingerprint density at radius 2 is 1.76 bits per heavy atom. The van der Waals surface area contributed by atoms with Crippen molar-refractivity contribution in [3.8, 4) is 17.2 Å². The first-order valence-electron chi connectivity index (χ1n) is 10.5. The lowest BCUT2D eigenvalue weighted by Gasteiger charge is -2.29. The van der Waals surface area contributed by atoms with Crippen molar-refractivity contribution in [3.05, 3.63) is 53.6 Å². The van der Waals surface area contributed by atoms with Gasteiger partial charge in [-0.15, -0.1) is 0 Å². The van der Waals surface area contributed by atoms with Crippen LogP contribution in [0.15, 0.2) is 48.0 Å². The average Bonchev–Trinajstić information content (AvgIpc) is 2.82. The number of carbonyl (C=O) groups is 3. The van der Waals surface area contributed by atoms with E-state index in [9.17, 15) is 14.4 Å². The van der Waals surface area contributed by atoms with Crippen molar-refractivity contribution in [2.75, 3.05) is 31.8 Å². The third kappa shape index (κ3) is 5.70. The predicted molar refractivity (Wildman–Crippen MR) is 129 cm³/mol. The van der Waals surface area contributed by atoms with E-state index in [1.807, 2.05) is 6.92 Å². The highest BCUT2D eigenvalue weighted by Crippen LogP contribution is 2.30. The molecular weight excluding hydrogens is 460 g/mol. The molecule has 1 heterocycles. The fourth-order valence-electron chi connectivity index (χ4n) is 3.15. The first kappa shape index (κ1) is 24.7. The quantitative estimate of drug-likeness (QED) is 0.251. The number of methoxy groups -OCH3 is 1. The van der Waals surface area contributed by atoms with Gasteiger partial charge in [-0.1, -0.05) is 6.07 Å². The van der Waals surface area contributed by atoms with Gasteiger partial charge in [0.25, 0.3) is 11.8 Å². The zero-order valence-corrected chi connectivity index (χ0v) is 19.8. The Hall–Kier alpha value is -3.92. The van der Waals surface area contributed by atoms with Crippen LogP contribution in [-0.2, 0) is 19.1 Å². The SMILES string of the molecule is CCOC(=O)COc1ccc(C=C2C(=O)NC(=S)N(c3ccc(OCC)cc3)C2=O)cc1OC. The molecule has 178 valence electrons. The number of esters is 1. The molecule has 1 aliphatic rings. The summed E-state index contributed by atoms with van der Waals surface area (Å²) in [7, 11) is 1.44. The van der Waals surface area contributed by atoms with E-state index in [1.54, 1.807) is 49.4 Å². The third-order valence-electron chi connectivity index (χ3n) is 4.66. The molecule has 0 unspecified atom stereocenters. The van der Waals surface area contributed by atoms with Crippen LogP contribution in [0.25, 0.3) is 6.08 Å². The van der Waals surface area contributed by atoms with Gasteiger partial charge in [0.1, 0.15) is 11.3 Å². The summed E-state index contributed by atoms with van der Waals surface area (Å²) >= 11 is 5.23. The summed E-state index contributed by atoms with van der Waals surface area (Å²) in [5.41, 5.74) is 0.896. The van der Waals surface area contributed by atoms with Crippen LogP contribution in [0.1, 0.15) is 19.4 Å². The average molecular weight is 485 g/mol. The summed E-state index contributed by atoms with van der Waals surface area (Å²) in [5, 5.41) is 2.53. The summed E-state index contributed by atoms with van der Waals surface area (Å²) in [6.07, 6.45) is 1.43. The second kappa shape index (κ2) is 11.3. The molecule has 34 heavy (non-hydrogen) atoms. The Bertz CT molecular complexity index is 1130. The van der Waals surface area contributed by atoms with E-state index in [-0.39, 0.29) is 23.9 Å². The minimum atomic E-state index is -0.612. The van der Waals surface area contributed by atoms with E-state index in [4.69, 9.17) is 31.2 Å². The lowest BCUT2D eigenvalue weighted by molar-refractivity contribution is -0.145. The van der Waals surface area contributed by atoms with Crippen LogP contribution in [0.2, 0.25) is 0 Å². The molecule has 0 aromatic heterocycles. The summed E-state index contributed by atoms with van der Waals surface area (Å²) in [5.74, 6) is -0.404. The standard InChI is InChI=1S/C24H24N2O7S/c1-4-31-17-9-7-16(8-10-17)26-23(29)18(22(28)25-24(26)34)12-15-6-11-19(20(13-15)30-3)33-14-21(27)32-5-2/h6-13H,4-5,14H2,1-3H3,(H,25,28,34). The number of anilines is 1.